The number of hydrogen-bond acceptors (Lipinski definition) is 4. The van der Waals surface area contributed by atoms with Crippen LogP contribution >= 0.6 is 0 Å². The molecule has 5 heteroatoms. The quantitative estimate of drug-likeness (QED) is 0.787. The summed E-state index contributed by atoms with van der Waals surface area (Å²) in [6.45, 7) is 8.37. The lowest BCUT2D eigenvalue weighted by atomic mass is 10.2. The molecule has 1 rings (SSSR count). The van der Waals surface area contributed by atoms with Crippen LogP contribution in [0.15, 0.2) is 22.8 Å². The molecule has 108 valence electrons. The van der Waals surface area contributed by atoms with Crippen molar-refractivity contribution in [3.05, 3.63) is 24.2 Å². The van der Waals surface area contributed by atoms with Crippen molar-refractivity contribution < 1.29 is 14.3 Å². The van der Waals surface area contributed by atoms with Gasteiger partial charge in [0.25, 0.3) is 0 Å². The summed E-state index contributed by atoms with van der Waals surface area (Å²) in [6, 6.07) is 3.69. The second kappa shape index (κ2) is 7.31. The lowest BCUT2D eigenvalue weighted by molar-refractivity contribution is -0.123. The molecule has 0 bridgehead atoms. The summed E-state index contributed by atoms with van der Waals surface area (Å²) in [4.78, 5) is 13.9. The number of aliphatic hydroxyl groups excluding tert-OH is 1. The van der Waals surface area contributed by atoms with Gasteiger partial charge in [-0.1, -0.05) is 0 Å². The zero-order valence-corrected chi connectivity index (χ0v) is 12.1. The third-order valence-electron chi connectivity index (χ3n) is 2.92. The minimum absolute atomic E-state index is 0.0711. The summed E-state index contributed by atoms with van der Waals surface area (Å²) < 4.78 is 5.24. The van der Waals surface area contributed by atoms with Crippen LogP contribution < -0.4 is 5.32 Å². The van der Waals surface area contributed by atoms with Crippen molar-refractivity contribution in [3.63, 3.8) is 0 Å². The van der Waals surface area contributed by atoms with Gasteiger partial charge in [0.2, 0.25) is 5.91 Å². The Morgan fingerprint density at radius 3 is 2.58 bits per heavy atom. The van der Waals surface area contributed by atoms with Crippen LogP contribution in [0.2, 0.25) is 0 Å². The number of furan rings is 1. The monoisotopic (exact) mass is 268 g/mol. The summed E-state index contributed by atoms with van der Waals surface area (Å²) in [6.07, 6.45) is 1.14. The zero-order chi connectivity index (χ0) is 14.4. The average Bonchev–Trinajstić information content (AvgIpc) is 2.80. The fraction of sp³-hybridized carbons (Fsp3) is 0.643. The van der Waals surface area contributed by atoms with E-state index in [1.807, 2.05) is 31.7 Å². The predicted octanol–water partition coefficient (Wildman–Crippen LogP) is 1.55. The van der Waals surface area contributed by atoms with E-state index in [0.29, 0.717) is 6.54 Å². The summed E-state index contributed by atoms with van der Waals surface area (Å²) in [7, 11) is 0. The Balaban J connectivity index is 2.48. The lowest BCUT2D eigenvalue weighted by Gasteiger charge is -2.27. The van der Waals surface area contributed by atoms with Gasteiger partial charge in [0, 0.05) is 12.6 Å². The first-order chi connectivity index (χ1) is 8.90. The highest BCUT2D eigenvalue weighted by Gasteiger charge is 2.18. The summed E-state index contributed by atoms with van der Waals surface area (Å²) in [5.41, 5.74) is 0. The van der Waals surface area contributed by atoms with Gasteiger partial charge in [0.15, 0.2) is 0 Å². The molecule has 1 aromatic rings. The molecule has 0 radical (unpaired) electrons. The summed E-state index contributed by atoms with van der Waals surface area (Å²) in [5, 5.41) is 12.3. The number of nitrogens with zero attached hydrogens (tertiary/aromatic N) is 1. The molecule has 0 aliphatic carbocycles. The van der Waals surface area contributed by atoms with Gasteiger partial charge in [-0.05, 0) is 39.8 Å². The maximum atomic E-state index is 12.0. The highest BCUT2D eigenvalue weighted by molar-refractivity contribution is 5.78. The molecule has 2 N–H and O–H groups in total. The van der Waals surface area contributed by atoms with E-state index in [1.165, 1.54) is 0 Å². The van der Waals surface area contributed by atoms with E-state index in [0.717, 1.165) is 5.76 Å². The first-order valence-corrected chi connectivity index (χ1v) is 6.65. The first-order valence-electron chi connectivity index (χ1n) is 6.65. The van der Waals surface area contributed by atoms with Gasteiger partial charge < -0.3 is 14.8 Å². The normalized spacial score (nSPS) is 14.7. The second-order valence-corrected chi connectivity index (χ2v) is 5.18. The van der Waals surface area contributed by atoms with Crippen LogP contribution in [0.3, 0.4) is 0 Å². The Morgan fingerprint density at radius 1 is 1.42 bits per heavy atom. The smallest absolute Gasteiger partial charge is 0.234 e. The summed E-state index contributed by atoms with van der Waals surface area (Å²) >= 11 is 0. The molecule has 1 amide bonds. The maximum absolute atomic E-state index is 12.0. The molecular formula is C14H24N2O3. The van der Waals surface area contributed by atoms with E-state index in [-0.39, 0.29) is 24.5 Å². The van der Waals surface area contributed by atoms with Crippen molar-refractivity contribution in [2.45, 2.75) is 45.9 Å². The molecule has 0 saturated carbocycles. The Bertz CT molecular complexity index is 374. The minimum atomic E-state index is -0.447. The largest absolute Gasteiger partial charge is 0.467 e. The average molecular weight is 268 g/mol. The van der Waals surface area contributed by atoms with E-state index >= 15 is 0 Å². The van der Waals surface area contributed by atoms with E-state index in [4.69, 9.17) is 4.42 Å². The summed E-state index contributed by atoms with van der Waals surface area (Å²) in [5.74, 6) is 0.665. The van der Waals surface area contributed by atoms with Crippen molar-refractivity contribution in [1.29, 1.82) is 0 Å². The van der Waals surface area contributed by atoms with Crippen LogP contribution in [0.25, 0.3) is 0 Å². The number of nitrogens with one attached hydrogen (secondary N) is 1. The molecule has 0 aromatic carbocycles. The topological polar surface area (TPSA) is 65.7 Å². The predicted molar refractivity (Wildman–Crippen MR) is 73.7 cm³/mol. The molecule has 2 atom stereocenters. The Labute approximate surface area is 114 Å². The van der Waals surface area contributed by atoms with Crippen LogP contribution in [0.1, 0.15) is 39.5 Å². The molecule has 0 spiro atoms. The molecule has 0 aliphatic rings. The second-order valence-electron chi connectivity index (χ2n) is 5.18. The Hall–Kier alpha value is -1.33. The number of hydrogen-bond donors (Lipinski definition) is 2. The van der Waals surface area contributed by atoms with Crippen LogP contribution in [0.4, 0.5) is 0 Å². The Kier molecular flexibility index (Phi) is 6.05. The van der Waals surface area contributed by atoms with Gasteiger partial charge in [-0.25, -0.2) is 0 Å². The number of carbonyl (C=O) groups is 1. The van der Waals surface area contributed by atoms with Gasteiger partial charge in [-0.3, -0.25) is 9.69 Å². The molecule has 1 aromatic heterocycles. The molecule has 0 saturated heterocycles. The SMILES string of the molecule is CC(O)CN(CC(=O)NC(C)c1ccco1)C(C)C. The Morgan fingerprint density at radius 2 is 2.11 bits per heavy atom. The molecular weight excluding hydrogens is 244 g/mol. The molecule has 0 aliphatic heterocycles. The van der Waals surface area contributed by atoms with E-state index in [1.54, 1.807) is 19.3 Å². The van der Waals surface area contributed by atoms with Crippen molar-refractivity contribution in [2.75, 3.05) is 13.1 Å². The lowest BCUT2D eigenvalue weighted by Crippen LogP contribution is -2.44. The van der Waals surface area contributed by atoms with Crippen molar-refractivity contribution in [1.82, 2.24) is 10.2 Å². The van der Waals surface area contributed by atoms with E-state index < -0.39 is 6.10 Å². The molecule has 5 nitrogen and oxygen atoms in total. The maximum Gasteiger partial charge on any atom is 0.234 e. The number of carbonyl (C=O) groups excluding carboxylic acids is 1. The highest BCUT2D eigenvalue weighted by atomic mass is 16.3. The fourth-order valence-corrected chi connectivity index (χ4v) is 1.88. The van der Waals surface area contributed by atoms with Gasteiger partial charge in [-0.15, -0.1) is 0 Å². The molecule has 0 fully saturated rings. The standard InChI is InChI=1S/C14H24N2O3/c1-10(2)16(8-11(3)17)9-14(18)15-12(4)13-6-5-7-19-13/h5-7,10-12,17H,8-9H2,1-4H3,(H,15,18). The van der Waals surface area contributed by atoms with Gasteiger partial charge in [0.1, 0.15) is 5.76 Å². The molecule has 2 unspecified atom stereocenters. The number of rotatable bonds is 7. The van der Waals surface area contributed by atoms with Crippen LogP contribution in [0.5, 0.6) is 0 Å². The van der Waals surface area contributed by atoms with Crippen LogP contribution in [-0.2, 0) is 4.79 Å². The minimum Gasteiger partial charge on any atom is -0.467 e. The van der Waals surface area contributed by atoms with Gasteiger partial charge in [-0.2, -0.15) is 0 Å². The highest BCUT2D eigenvalue weighted by Crippen LogP contribution is 2.12. The third-order valence-corrected chi connectivity index (χ3v) is 2.92. The molecule has 1 heterocycles. The number of amides is 1. The zero-order valence-electron chi connectivity index (χ0n) is 12.1. The van der Waals surface area contributed by atoms with Crippen molar-refractivity contribution in [2.24, 2.45) is 0 Å². The van der Waals surface area contributed by atoms with Gasteiger partial charge in [0.05, 0.1) is 25.0 Å². The van der Waals surface area contributed by atoms with E-state index in [9.17, 15) is 9.90 Å². The molecule has 19 heavy (non-hydrogen) atoms. The first kappa shape index (κ1) is 15.7. The van der Waals surface area contributed by atoms with Gasteiger partial charge >= 0.3 is 0 Å². The number of aliphatic hydroxyl groups is 1. The van der Waals surface area contributed by atoms with Crippen LogP contribution in [-0.4, -0.2) is 41.1 Å². The fourth-order valence-electron chi connectivity index (χ4n) is 1.88. The van der Waals surface area contributed by atoms with E-state index in [2.05, 4.69) is 5.32 Å². The third kappa shape index (κ3) is 5.44. The van der Waals surface area contributed by atoms with Crippen molar-refractivity contribution in [3.8, 4) is 0 Å². The van der Waals surface area contributed by atoms with Crippen molar-refractivity contribution >= 4 is 5.91 Å². The van der Waals surface area contributed by atoms with Crippen LogP contribution in [0, 0.1) is 0 Å².